The average molecular weight is 336 g/mol. The number of benzene rings is 1. The zero-order chi connectivity index (χ0) is 17.1. The number of pyridine rings is 1. The Labute approximate surface area is 136 Å². The second-order valence-electron chi connectivity index (χ2n) is 5.08. The molecule has 0 aliphatic rings. The Morgan fingerprint density at radius 2 is 2.00 bits per heavy atom. The van der Waals surface area contributed by atoms with Crippen LogP contribution in [0.1, 0.15) is 11.1 Å². The van der Waals surface area contributed by atoms with Crippen LogP contribution in [0.3, 0.4) is 0 Å². The number of aryl methyl sites for hydroxylation is 2. The van der Waals surface area contributed by atoms with Crippen molar-refractivity contribution in [3.8, 4) is 0 Å². The molecule has 0 saturated carbocycles. The van der Waals surface area contributed by atoms with E-state index in [-0.39, 0.29) is 17.8 Å². The van der Waals surface area contributed by atoms with Crippen LogP contribution in [0.5, 0.6) is 0 Å². The van der Waals surface area contributed by atoms with Crippen LogP contribution in [0.25, 0.3) is 0 Å². The number of nitro groups is 1. The van der Waals surface area contributed by atoms with Crippen molar-refractivity contribution in [2.24, 2.45) is 0 Å². The van der Waals surface area contributed by atoms with E-state index < -0.39 is 16.4 Å². The Morgan fingerprint density at radius 3 is 2.61 bits per heavy atom. The highest BCUT2D eigenvalue weighted by molar-refractivity contribution is 6.30. The highest BCUT2D eigenvalue weighted by atomic mass is 35.5. The molecule has 120 valence electrons. The Balaban J connectivity index is 2.23. The van der Waals surface area contributed by atoms with Crippen LogP contribution in [-0.2, 0) is 11.3 Å². The molecule has 7 nitrogen and oxygen atoms in total. The monoisotopic (exact) mass is 335 g/mol. The van der Waals surface area contributed by atoms with Crippen LogP contribution in [0.2, 0.25) is 5.02 Å². The van der Waals surface area contributed by atoms with Crippen LogP contribution in [-0.4, -0.2) is 15.4 Å². The second kappa shape index (κ2) is 6.62. The smallest absolute Gasteiger partial charge is 0.286 e. The number of hydrogen-bond acceptors (Lipinski definition) is 4. The molecule has 0 radical (unpaired) electrons. The summed E-state index contributed by atoms with van der Waals surface area (Å²) in [6, 6.07) is 6.16. The molecule has 1 aromatic carbocycles. The van der Waals surface area contributed by atoms with E-state index in [9.17, 15) is 19.7 Å². The van der Waals surface area contributed by atoms with Gasteiger partial charge in [0.2, 0.25) is 5.91 Å². The van der Waals surface area contributed by atoms with Crippen molar-refractivity contribution in [2.45, 2.75) is 20.4 Å². The second-order valence-corrected chi connectivity index (χ2v) is 5.52. The lowest BCUT2D eigenvalue weighted by Crippen LogP contribution is -2.28. The van der Waals surface area contributed by atoms with Crippen LogP contribution in [0.4, 0.5) is 11.4 Å². The molecule has 0 aliphatic carbocycles. The van der Waals surface area contributed by atoms with E-state index in [1.54, 1.807) is 25.1 Å². The summed E-state index contributed by atoms with van der Waals surface area (Å²) in [5.74, 6) is -0.461. The number of rotatable bonds is 4. The van der Waals surface area contributed by atoms with E-state index in [0.29, 0.717) is 10.7 Å². The SMILES string of the molecule is Cc1cc(Cl)ccc1NC(=O)Cn1cc([N+](=O)[O-])cc(C)c1=O. The van der Waals surface area contributed by atoms with Gasteiger partial charge in [0.05, 0.1) is 11.1 Å². The minimum atomic E-state index is -0.607. The Bertz CT molecular complexity index is 845. The van der Waals surface area contributed by atoms with Gasteiger partial charge in [-0.3, -0.25) is 24.3 Å². The standard InChI is InChI=1S/C15H14ClN3O4/c1-9-5-11(16)3-4-13(9)17-14(20)8-18-7-12(19(22)23)6-10(2)15(18)21/h3-7H,8H2,1-2H3,(H,17,20). The van der Waals surface area contributed by atoms with E-state index >= 15 is 0 Å². The molecule has 0 atom stereocenters. The van der Waals surface area contributed by atoms with E-state index in [1.807, 2.05) is 0 Å². The summed E-state index contributed by atoms with van der Waals surface area (Å²) in [5, 5.41) is 14.0. The lowest BCUT2D eigenvalue weighted by molar-refractivity contribution is -0.385. The highest BCUT2D eigenvalue weighted by Crippen LogP contribution is 2.19. The molecular weight excluding hydrogens is 322 g/mol. The van der Waals surface area contributed by atoms with Crippen LogP contribution >= 0.6 is 11.6 Å². The number of halogens is 1. The summed E-state index contributed by atoms with van der Waals surface area (Å²) in [6.45, 7) is 2.93. The van der Waals surface area contributed by atoms with Gasteiger partial charge in [-0.25, -0.2) is 0 Å². The van der Waals surface area contributed by atoms with E-state index in [1.165, 1.54) is 13.0 Å². The number of hydrogen-bond donors (Lipinski definition) is 1. The quantitative estimate of drug-likeness (QED) is 0.686. The van der Waals surface area contributed by atoms with Crippen molar-refractivity contribution in [1.29, 1.82) is 0 Å². The minimum absolute atomic E-state index is 0.203. The topological polar surface area (TPSA) is 94.2 Å². The third-order valence-corrected chi connectivity index (χ3v) is 3.47. The van der Waals surface area contributed by atoms with Crippen LogP contribution in [0, 0.1) is 24.0 Å². The zero-order valence-electron chi connectivity index (χ0n) is 12.5. The third-order valence-electron chi connectivity index (χ3n) is 3.24. The predicted molar refractivity (Wildman–Crippen MR) is 86.9 cm³/mol. The molecule has 0 bridgehead atoms. The van der Waals surface area contributed by atoms with Crippen molar-refractivity contribution in [1.82, 2.24) is 4.57 Å². The minimum Gasteiger partial charge on any atom is -0.324 e. The first-order chi connectivity index (χ1) is 10.8. The van der Waals surface area contributed by atoms with Gasteiger partial charge in [0.1, 0.15) is 6.54 Å². The van der Waals surface area contributed by atoms with Gasteiger partial charge in [0, 0.05) is 22.3 Å². The number of amides is 1. The van der Waals surface area contributed by atoms with E-state index in [4.69, 9.17) is 11.6 Å². The van der Waals surface area contributed by atoms with Gasteiger partial charge >= 0.3 is 0 Å². The van der Waals surface area contributed by atoms with E-state index in [2.05, 4.69) is 5.32 Å². The molecule has 2 rings (SSSR count). The van der Waals surface area contributed by atoms with Crippen molar-refractivity contribution in [3.05, 3.63) is 67.1 Å². The summed E-state index contributed by atoms with van der Waals surface area (Å²) >= 11 is 5.85. The summed E-state index contributed by atoms with van der Waals surface area (Å²) in [6.07, 6.45) is 1.06. The van der Waals surface area contributed by atoms with Crippen molar-refractivity contribution < 1.29 is 9.72 Å². The lowest BCUT2D eigenvalue weighted by Gasteiger charge is -2.10. The van der Waals surface area contributed by atoms with Gasteiger partial charge in [-0.1, -0.05) is 11.6 Å². The molecule has 1 heterocycles. The van der Waals surface area contributed by atoms with Gasteiger partial charge in [-0.15, -0.1) is 0 Å². The summed E-state index contributed by atoms with van der Waals surface area (Å²) in [5.41, 5.74) is 0.855. The summed E-state index contributed by atoms with van der Waals surface area (Å²) in [4.78, 5) is 34.3. The average Bonchev–Trinajstić information content (AvgIpc) is 2.46. The van der Waals surface area contributed by atoms with Crippen molar-refractivity contribution >= 4 is 28.9 Å². The number of carbonyl (C=O) groups is 1. The largest absolute Gasteiger partial charge is 0.324 e. The number of nitrogens with one attached hydrogen (secondary N) is 1. The first-order valence-corrected chi connectivity index (χ1v) is 7.07. The molecular formula is C15H14ClN3O4. The van der Waals surface area contributed by atoms with Gasteiger partial charge in [-0.05, 0) is 37.6 Å². The maximum atomic E-state index is 12.1. The van der Waals surface area contributed by atoms with Crippen molar-refractivity contribution in [3.63, 3.8) is 0 Å². The maximum Gasteiger partial charge on any atom is 0.286 e. The van der Waals surface area contributed by atoms with Gasteiger partial charge < -0.3 is 5.32 Å². The lowest BCUT2D eigenvalue weighted by atomic mass is 10.2. The zero-order valence-corrected chi connectivity index (χ0v) is 13.3. The maximum absolute atomic E-state index is 12.1. The molecule has 0 saturated heterocycles. The fraction of sp³-hybridized carbons (Fsp3) is 0.200. The molecule has 0 fully saturated rings. The number of aromatic nitrogens is 1. The van der Waals surface area contributed by atoms with E-state index in [0.717, 1.165) is 16.3 Å². The Hall–Kier alpha value is -2.67. The first-order valence-electron chi connectivity index (χ1n) is 6.69. The van der Waals surface area contributed by atoms with Crippen LogP contribution in [0.15, 0.2) is 35.3 Å². The van der Waals surface area contributed by atoms with Gasteiger partial charge in [0.25, 0.3) is 11.2 Å². The normalized spacial score (nSPS) is 10.4. The third kappa shape index (κ3) is 3.95. The van der Waals surface area contributed by atoms with Crippen LogP contribution < -0.4 is 10.9 Å². The number of nitrogens with zero attached hydrogens (tertiary/aromatic N) is 2. The highest BCUT2D eigenvalue weighted by Gasteiger charge is 2.14. The molecule has 8 heteroatoms. The molecule has 2 aromatic rings. The summed E-state index contributed by atoms with van der Waals surface area (Å²) < 4.78 is 1.02. The molecule has 1 aromatic heterocycles. The fourth-order valence-corrected chi connectivity index (χ4v) is 2.32. The van der Waals surface area contributed by atoms with Gasteiger partial charge in [0.15, 0.2) is 0 Å². The Morgan fingerprint density at radius 1 is 1.30 bits per heavy atom. The van der Waals surface area contributed by atoms with Crippen molar-refractivity contribution in [2.75, 3.05) is 5.32 Å². The first kappa shape index (κ1) is 16.7. The molecule has 0 unspecified atom stereocenters. The molecule has 1 amide bonds. The number of anilines is 1. The van der Waals surface area contributed by atoms with Gasteiger partial charge in [-0.2, -0.15) is 0 Å². The molecule has 23 heavy (non-hydrogen) atoms. The fourth-order valence-electron chi connectivity index (χ4n) is 2.09. The summed E-state index contributed by atoms with van der Waals surface area (Å²) in [7, 11) is 0. The Kier molecular flexibility index (Phi) is 4.80. The molecule has 1 N–H and O–H groups in total. The number of carbonyl (C=O) groups excluding carboxylic acids is 1. The molecule has 0 spiro atoms. The predicted octanol–water partition coefficient (Wildman–Crippen LogP) is 2.67. The molecule has 0 aliphatic heterocycles.